The van der Waals surface area contributed by atoms with E-state index >= 15 is 0 Å². The van der Waals surface area contributed by atoms with Crippen molar-refractivity contribution in [1.29, 1.82) is 0 Å². The standard InChI is InChI=1S/C11H15FN2/c1-11(13)6-7-14(8-11)10-4-2-9(12)3-5-10/h2-5H,6-8,13H2,1H3. The van der Waals surface area contributed by atoms with Gasteiger partial charge in [0.15, 0.2) is 0 Å². The number of halogens is 1. The molecule has 1 fully saturated rings. The van der Waals surface area contributed by atoms with Crippen LogP contribution in [-0.4, -0.2) is 18.6 Å². The lowest BCUT2D eigenvalue weighted by Gasteiger charge is -2.21. The smallest absolute Gasteiger partial charge is 0.123 e. The van der Waals surface area contributed by atoms with Gasteiger partial charge in [-0.25, -0.2) is 4.39 Å². The number of anilines is 1. The largest absolute Gasteiger partial charge is 0.370 e. The Kier molecular flexibility index (Phi) is 2.19. The molecular formula is C11H15FN2. The fraction of sp³-hybridized carbons (Fsp3) is 0.455. The average molecular weight is 194 g/mol. The van der Waals surface area contributed by atoms with E-state index in [4.69, 9.17) is 5.73 Å². The van der Waals surface area contributed by atoms with Crippen LogP contribution in [0, 0.1) is 5.82 Å². The van der Waals surface area contributed by atoms with E-state index in [1.807, 2.05) is 0 Å². The van der Waals surface area contributed by atoms with Gasteiger partial charge in [-0.3, -0.25) is 0 Å². The highest BCUT2D eigenvalue weighted by molar-refractivity contribution is 5.48. The van der Waals surface area contributed by atoms with Crippen molar-refractivity contribution in [2.75, 3.05) is 18.0 Å². The molecule has 0 aromatic heterocycles. The predicted molar refractivity (Wildman–Crippen MR) is 55.8 cm³/mol. The fourth-order valence-corrected chi connectivity index (χ4v) is 1.86. The van der Waals surface area contributed by atoms with Gasteiger partial charge in [-0.15, -0.1) is 0 Å². The summed E-state index contributed by atoms with van der Waals surface area (Å²) in [5.41, 5.74) is 6.97. The minimum atomic E-state index is -0.191. The van der Waals surface area contributed by atoms with Gasteiger partial charge in [0, 0.05) is 24.3 Å². The fourth-order valence-electron chi connectivity index (χ4n) is 1.86. The maximum absolute atomic E-state index is 12.7. The second kappa shape index (κ2) is 3.24. The van der Waals surface area contributed by atoms with Gasteiger partial charge in [0.1, 0.15) is 5.82 Å². The molecule has 2 N–H and O–H groups in total. The first-order chi connectivity index (χ1) is 6.57. The van der Waals surface area contributed by atoms with Crippen molar-refractivity contribution in [3.63, 3.8) is 0 Å². The van der Waals surface area contributed by atoms with Crippen LogP contribution in [0.15, 0.2) is 24.3 Å². The lowest BCUT2D eigenvalue weighted by atomic mass is 10.0. The summed E-state index contributed by atoms with van der Waals surface area (Å²) in [5, 5.41) is 0. The molecule has 76 valence electrons. The lowest BCUT2D eigenvalue weighted by Crippen LogP contribution is -2.39. The molecular weight excluding hydrogens is 179 g/mol. The van der Waals surface area contributed by atoms with Gasteiger partial charge >= 0.3 is 0 Å². The Bertz CT molecular complexity index is 319. The van der Waals surface area contributed by atoms with Crippen molar-refractivity contribution < 1.29 is 4.39 Å². The van der Waals surface area contributed by atoms with Crippen LogP contribution in [0.1, 0.15) is 13.3 Å². The molecule has 1 atom stereocenters. The summed E-state index contributed by atoms with van der Waals surface area (Å²) < 4.78 is 12.7. The van der Waals surface area contributed by atoms with Crippen molar-refractivity contribution in [2.45, 2.75) is 18.9 Å². The SMILES string of the molecule is CC1(N)CCN(c2ccc(F)cc2)C1. The molecule has 1 saturated heterocycles. The number of nitrogens with two attached hydrogens (primary N) is 1. The topological polar surface area (TPSA) is 29.3 Å². The summed E-state index contributed by atoms with van der Waals surface area (Å²) in [7, 11) is 0. The van der Waals surface area contributed by atoms with Crippen LogP contribution < -0.4 is 10.6 Å². The highest BCUT2D eigenvalue weighted by atomic mass is 19.1. The number of hydrogen-bond donors (Lipinski definition) is 1. The molecule has 2 nitrogen and oxygen atoms in total. The molecule has 1 heterocycles. The van der Waals surface area contributed by atoms with Gasteiger partial charge in [0.2, 0.25) is 0 Å². The zero-order valence-corrected chi connectivity index (χ0v) is 8.33. The lowest BCUT2D eigenvalue weighted by molar-refractivity contribution is 0.525. The highest BCUT2D eigenvalue weighted by Gasteiger charge is 2.29. The van der Waals surface area contributed by atoms with Crippen LogP contribution >= 0.6 is 0 Å². The number of hydrogen-bond acceptors (Lipinski definition) is 2. The molecule has 1 aliphatic rings. The first-order valence-electron chi connectivity index (χ1n) is 4.86. The summed E-state index contributed by atoms with van der Waals surface area (Å²) in [4.78, 5) is 2.19. The third-order valence-corrected chi connectivity index (χ3v) is 2.70. The average Bonchev–Trinajstić information content (AvgIpc) is 2.47. The van der Waals surface area contributed by atoms with Crippen molar-refractivity contribution in [3.05, 3.63) is 30.1 Å². The van der Waals surface area contributed by atoms with E-state index in [2.05, 4.69) is 11.8 Å². The number of benzene rings is 1. The Labute approximate surface area is 83.5 Å². The van der Waals surface area contributed by atoms with Crippen LogP contribution in [0.25, 0.3) is 0 Å². The van der Waals surface area contributed by atoms with Crippen molar-refractivity contribution in [1.82, 2.24) is 0 Å². The molecule has 1 aromatic carbocycles. The van der Waals surface area contributed by atoms with Gasteiger partial charge < -0.3 is 10.6 Å². The van der Waals surface area contributed by atoms with Gasteiger partial charge in [-0.2, -0.15) is 0 Å². The Morgan fingerprint density at radius 1 is 1.36 bits per heavy atom. The summed E-state index contributed by atoms with van der Waals surface area (Å²) in [6.07, 6.45) is 0.990. The van der Waals surface area contributed by atoms with Gasteiger partial charge in [0.25, 0.3) is 0 Å². The third-order valence-electron chi connectivity index (χ3n) is 2.70. The van der Waals surface area contributed by atoms with Crippen molar-refractivity contribution in [3.8, 4) is 0 Å². The van der Waals surface area contributed by atoms with E-state index in [1.54, 1.807) is 12.1 Å². The molecule has 0 saturated carbocycles. The molecule has 2 rings (SSSR count). The molecule has 1 aromatic rings. The zero-order chi connectivity index (χ0) is 10.2. The minimum Gasteiger partial charge on any atom is -0.370 e. The second-order valence-electron chi connectivity index (χ2n) is 4.30. The van der Waals surface area contributed by atoms with Gasteiger partial charge in [0.05, 0.1) is 0 Å². The normalized spacial score (nSPS) is 26.9. The van der Waals surface area contributed by atoms with Crippen LogP contribution in [0.4, 0.5) is 10.1 Å². The van der Waals surface area contributed by atoms with Crippen LogP contribution in [0.5, 0.6) is 0 Å². The van der Waals surface area contributed by atoms with E-state index in [0.717, 1.165) is 25.2 Å². The maximum Gasteiger partial charge on any atom is 0.123 e. The Hall–Kier alpha value is -1.09. The predicted octanol–water partition coefficient (Wildman–Crippen LogP) is 1.75. The molecule has 3 heteroatoms. The zero-order valence-electron chi connectivity index (χ0n) is 8.33. The van der Waals surface area contributed by atoms with Crippen LogP contribution in [0.3, 0.4) is 0 Å². The van der Waals surface area contributed by atoms with E-state index in [0.29, 0.717) is 0 Å². The quantitative estimate of drug-likeness (QED) is 0.738. The number of nitrogens with zero attached hydrogens (tertiary/aromatic N) is 1. The van der Waals surface area contributed by atoms with Crippen molar-refractivity contribution in [2.24, 2.45) is 5.73 Å². The highest BCUT2D eigenvalue weighted by Crippen LogP contribution is 2.24. The van der Waals surface area contributed by atoms with Gasteiger partial charge in [-0.05, 0) is 37.6 Å². The summed E-state index contributed by atoms with van der Waals surface area (Å²) in [6, 6.07) is 6.58. The molecule has 0 spiro atoms. The van der Waals surface area contributed by atoms with E-state index in [9.17, 15) is 4.39 Å². The summed E-state index contributed by atoms with van der Waals surface area (Å²) >= 11 is 0. The van der Waals surface area contributed by atoms with E-state index in [-0.39, 0.29) is 11.4 Å². The van der Waals surface area contributed by atoms with Crippen LogP contribution in [0.2, 0.25) is 0 Å². The van der Waals surface area contributed by atoms with Crippen LogP contribution in [-0.2, 0) is 0 Å². The van der Waals surface area contributed by atoms with E-state index < -0.39 is 0 Å². The molecule has 1 aliphatic heterocycles. The van der Waals surface area contributed by atoms with E-state index in [1.165, 1.54) is 12.1 Å². The summed E-state index contributed by atoms with van der Waals surface area (Å²) in [5.74, 6) is -0.191. The molecule has 0 bridgehead atoms. The Morgan fingerprint density at radius 2 is 2.00 bits per heavy atom. The Balaban J connectivity index is 2.14. The monoisotopic (exact) mass is 194 g/mol. The molecule has 0 aliphatic carbocycles. The second-order valence-corrected chi connectivity index (χ2v) is 4.30. The third kappa shape index (κ3) is 1.87. The molecule has 0 amide bonds. The van der Waals surface area contributed by atoms with Crippen molar-refractivity contribution >= 4 is 5.69 Å². The molecule has 14 heavy (non-hydrogen) atoms. The molecule has 1 unspecified atom stereocenters. The maximum atomic E-state index is 12.7. The number of rotatable bonds is 1. The van der Waals surface area contributed by atoms with Gasteiger partial charge in [-0.1, -0.05) is 0 Å². The first kappa shape index (κ1) is 9.46. The first-order valence-corrected chi connectivity index (χ1v) is 4.86. The molecule has 0 radical (unpaired) electrons. The Morgan fingerprint density at radius 3 is 2.50 bits per heavy atom. The summed E-state index contributed by atoms with van der Waals surface area (Å²) in [6.45, 7) is 3.85. The minimum absolute atomic E-state index is 0.103.